The van der Waals surface area contributed by atoms with E-state index >= 15 is 0 Å². The number of hydrogen-bond acceptors (Lipinski definition) is 4. The molecule has 2 heterocycles. The van der Waals surface area contributed by atoms with Crippen LogP contribution in [-0.2, 0) is 0 Å². The standard InChI is InChI=1S/C22H19N5O2/c1-15(21-23-14-19(25-21)16-8-4-2-5-9-16)24-22(29)18-12-13-20(28)27(26-18)17-10-6-3-7-11-17/h2-15H,1H3,(H,23,25)(H,24,29). The quantitative estimate of drug-likeness (QED) is 0.552. The fourth-order valence-electron chi connectivity index (χ4n) is 2.95. The minimum Gasteiger partial charge on any atom is -0.341 e. The van der Waals surface area contributed by atoms with Gasteiger partial charge >= 0.3 is 0 Å². The Bertz CT molecular complexity index is 1180. The molecule has 4 aromatic rings. The lowest BCUT2D eigenvalue weighted by Gasteiger charge is -2.12. The zero-order chi connectivity index (χ0) is 20.2. The van der Waals surface area contributed by atoms with Crippen LogP contribution in [0.25, 0.3) is 16.9 Å². The van der Waals surface area contributed by atoms with Crippen LogP contribution in [0.5, 0.6) is 0 Å². The summed E-state index contributed by atoms with van der Waals surface area (Å²) in [5, 5.41) is 7.07. The normalized spacial score (nSPS) is 11.8. The predicted octanol–water partition coefficient (Wildman–Crippen LogP) is 3.11. The van der Waals surface area contributed by atoms with Crippen LogP contribution in [0.15, 0.2) is 83.8 Å². The second-order valence-electron chi connectivity index (χ2n) is 6.55. The highest BCUT2D eigenvalue weighted by molar-refractivity contribution is 5.92. The van der Waals surface area contributed by atoms with Gasteiger partial charge in [0.15, 0.2) is 0 Å². The van der Waals surface area contributed by atoms with Crippen LogP contribution in [-0.4, -0.2) is 25.7 Å². The first kappa shape index (κ1) is 18.4. The van der Waals surface area contributed by atoms with Gasteiger partial charge in [-0.25, -0.2) is 4.98 Å². The Morgan fingerprint density at radius 3 is 2.41 bits per heavy atom. The number of nitrogens with zero attached hydrogens (tertiary/aromatic N) is 3. The number of rotatable bonds is 5. The summed E-state index contributed by atoms with van der Waals surface area (Å²) >= 11 is 0. The first-order chi connectivity index (χ1) is 14.1. The Hall–Kier alpha value is -4.00. The van der Waals surface area contributed by atoms with Gasteiger partial charge in [0.25, 0.3) is 11.5 Å². The molecule has 1 atom stereocenters. The minimum atomic E-state index is -0.389. The molecule has 0 radical (unpaired) electrons. The van der Waals surface area contributed by atoms with E-state index in [0.717, 1.165) is 11.3 Å². The van der Waals surface area contributed by atoms with Gasteiger partial charge in [-0.05, 0) is 30.7 Å². The Morgan fingerprint density at radius 1 is 1.00 bits per heavy atom. The molecule has 7 heteroatoms. The summed E-state index contributed by atoms with van der Waals surface area (Å²) in [6.07, 6.45) is 1.74. The molecule has 0 fully saturated rings. The Labute approximate surface area is 167 Å². The smallest absolute Gasteiger partial charge is 0.272 e. The molecule has 29 heavy (non-hydrogen) atoms. The highest BCUT2D eigenvalue weighted by Crippen LogP contribution is 2.18. The molecule has 2 aromatic heterocycles. The van der Waals surface area contributed by atoms with E-state index in [1.165, 1.54) is 16.8 Å². The topological polar surface area (TPSA) is 92.7 Å². The van der Waals surface area contributed by atoms with E-state index in [4.69, 9.17) is 0 Å². The summed E-state index contributed by atoms with van der Waals surface area (Å²) in [5.41, 5.74) is 2.33. The van der Waals surface area contributed by atoms with Crippen LogP contribution in [0.1, 0.15) is 29.3 Å². The highest BCUT2D eigenvalue weighted by Gasteiger charge is 2.17. The van der Waals surface area contributed by atoms with E-state index in [1.54, 1.807) is 30.5 Å². The highest BCUT2D eigenvalue weighted by atomic mass is 16.2. The molecule has 0 aliphatic heterocycles. The molecule has 144 valence electrons. The van der Waals surface area contributed by atoms with Crippen molar-refractivity contribution >= 4 is 5.91 Å². The molecule has 0 aliphatic rings. The fraction of sp³-hybridized carbons (Fsp3) is 0.0909. The number of para-hydroxylation sites is 1. The Kier molecular flexibility index (Phi) is 5.03. The number of aromatic amines is 1. The molecular formula is C22H19N5O2. The van der Waals surface area contributed by atoms with Crippen molar-refractivity contribution in [3.8, 4) is 16.9 Å². The molecule has 0 spiro atoms. The number of imidazole rings is 1. The van der Waals surface area contributed by atoms with Gasteiger partial charge in [-0.15, -0.1) is 0 Å². The van der Waals surface area contributed by atoms with Crippen LogP contribution in [0.3, 0.4) is 0 Å². The lowest BCUT2D eigenvalue weighted by molar-refractivity contribution is 0.0931. The molecule has 7 nitrogen and oxygen atoms in total. The molecule has 2 aromatic carbocycles. The maximum absolute atomic E-state index is 12.7. The maximum atomic E-state index is 12.7. The second kappa shape index (κ2) is 7.93. The average molecular weight is 385 g/mol. The first-order valence-corrected chi connectivity index (χ1v) is 9.19. The largest absolute Gasteiger partial charge is 0.341 e. The van der Waals surface area contributed by atoms with Gasteiger partial charge in [-0.2, -0.15) is 9.78 Å². The average Bonchev–Trinajstić information content (AvgIpc) is 3.26. The number of nitrogens with one attached hydrogen (secondary N) is 2. The number of H-pyrrole nitrogens is 1. The van der Waals surface area contributed by atoms with E-state index in [2.05, 4.69) is 20.4 Å². The van der Waals surface area contributed by atoms with Gasteiger partial charge in [0.2, 0.25) is 0 Å². The van der Waals surface area contributed by atoms with Crippen molar-refractivity contribution in [1.82, 2.24) is 25.1 Å². The number of amides is 1. The van der Waals surface area contributed by atoms with Crippen LogP contribution in [0.2, 0.25) is 0 Å². The van der Waals surface area contributed by atoms with Crippen LogP contribution < -0.4 is 10.9 Å². The second-order valence-corrected chi connectivity index (χ2v) is 6.55. The number of carbonyl (C=O) groups excluding carboxylic acids is 1. The van der Waals surface area contributed by atoms with Crippen molar-refractivity contribution < 1.29 is 4.79 Å². The van der Waals surface area contributed by atoms with E-state index in [-0.39, 0.29) is 23.2 Å². The number of carbonyl (C=O) groups is 1. The first-order valence-electron chi connectivity index (χ1n) is 9.19. The summed E-state index contributed by atoms with van der Waals surface area (Å²) in [4.78, 5) is 32.4. The monoisotopic (exact) mass is 385 g/mol. The van der Waals surface area contributed by atoms with Gasteiger partial charge in [0, 0.05) is 6.07 Å². The van der Waals surface area contributed by atoms with Crippen LogP contribution >= 0.6 is 0 Å². The van der Waals surface area contributed by atoms with E-state index in [0.29, 0.717) is 11.5 Å². The molecule has 1 unspecified atom stereocenters. The molecule has 0 aliphatic carbocycles. The molecule has 0 saturated carbocycles. The SMILES string of the molecule is CC(NC(=O)c1ccc(=O)n(-c2ccccc2)n1)c1ncc(-c2ccccc2)[nH]1. The number of benzene rings is 2. The zero-order valence-electron chi connectivity index (χ0n) is 15.7. The van der Waals surface area contributed by atoms with Gasteiger partial charge < -0.3 is 10.3 Å². The van der Waals surface area contributed by atoms with E-state index in [9.17, 15) is 9.59 Å². The molecule has 2 N–H and O–H groups in total. The van der Waals surface area contributed by atoms with Gasteiger partial charge in [0.1, 0.15) is 11.5 Å². The molecular weight excluding hydrogens is 366 g/mol. The van der Waals surface area contributed by atoms with Gasteiger partial charge in [-0.3, -0.25) is 9.59 Å². The summed E-state index contributed by atoms with van der Waals surface area (Å²) in [7, 11) is 0. The zero-order valence-corrected chi connectivity index (χ0v) is 15.7. The summed E-state index contributed by atoms with van der Waals surface area (Å²) in [5.74, 6) is 0.244. The Morgan fingerprint density at radius 2 is 1.69 bits per heavy atom. The van der Waals surface area contributed by atoms with Crippen molar-refractivity contribution in [3.63, 3.8) is 0 Å². The molecule has 1 amide bonds. The third-order valence-corrected chi connectivity index (χ3v) is 4.47. The molecule has 0 saturated heterocycles. The Balaban J connectivity index is 1.53. The van der Waals surface area contributed by atoms with Crippen molar-refractivity contribution in [2.75, 3.05) is 0 Å². The van der Waals surface area contributed by atoms with E-state index < -0.39 is 0 Å². The third kappa shape index (κ3) is 3.98. The summed E-state index contributed by atoms with van der Waals surface area (Å²) in [6.45, 7) is 1.83. The maximum Gasteiger partial charge on any atom is 0.272 e. The summed E-state index contributed by atoms with van der Waals surface area (Å²) < 4.78 is 1.21. The van der Waals surface area contributed by atoms with Crippen molar-refractivity contribution in [2.24, 2.45) is 0 Å². The lowest BCUT2D eigenvalue weighted by atomic mass is 10.2. The number of aromatic nitrogens is 4. The van der Waals surface area contributed by atoms with Crippen molar-refractivity contribution in [3.05, 3.63) is 101 Å². The fourth-order valence-corrected chi connectivity index (χ4v) is 2.95. The van der Waals surface area contributed by atoms with Gasteiger partial charge in [0.05, 0.1) is 23.6 Å². The summed E-state index contributed by atoms with van der Waals surface area (Å²) in [6, 6.07) is 21.2. The van der Waals surface area contributed by atoms with Gasteiger partial charge in [-0.1, -0.05) is 48.5 Å². The third-order valence-electron chi connectivity index (χ3n) is 4.47. The predicted molar refractivity (Wildman–Crippen MR) is 110 cm³/mol. The van der Waals surface area contributed by atoms with Crippen molar-refractivity contribution in [1.29, 1.82) is 0 Å². The number of hydrogen-bond donors (Lipinski definition) is 2. The minimum absolute atomic E-state index is 0.148. The van der Waals surface area contributed by atoms with E-state index in [1.807, 2.05) is 43.3 Å². The molecule has 0 bridgehead atoms. The van der Waals surface area contributed by atoms with Crippen molar-refractivity contribution in [2.45, 2.75) is 13.0 Å². The van der Waals surface area contributed by atoms with Crippen LogP contribution in [0, 0.1) is 0 Å². The lowest BCUT2D eigenvalue weighted by Crippen LogP contribution is -2.31. The molecule has 4 rings (SSSR count). The van der Waals surface area contributed by atoms with Crippen LogP contribution in [0.4, 0.5) is 0 Å².